The SMILES string of the molecule is Cc1[nH]c2ccccc2c1[C@H]1c2ccccc2C(=O)N1CC(=O)NCc1ccc(F)cc1. The molecular formula is C26H22FN3O2. The summed E-state index contributed by atoms with van der Waals surface area (Å²) in [6.07, 6.45) is 0. The molecule has 6 heteroatoms. The first kappa shape index (κ1) is 20.0. The van der Waals surface area contributed by atoms with Gasteiger partial charge in [-0.3, -0.25) is 9.59 Å². The Hall–Kier alpha value is -3.93. The number of rotatable bonds is 5. The Morgan fingerprint density at radius 1 is 1.03 bits per heavy atom. The van der Waals surface area contributed by atoms with Gasteiger partial charge in [-0.15, -0.1) is 0 Å². The highest BCUT2D eigenvalue weighted by atomic mass is 19.1. The minimum atomic E-state index is -0.355. The van der Waals surface area contributed by atoms with Crippen LogP contribution in [-0.2, 0) is 11.3 Å². The van der Waals surface area contributed by atoms with Crippen molar-refractivity contribution in [2.45, 2.75) is 19.5 Å². The number of halogens is 1. The van der Waals surface area contributed by atoms with Gasteiger partial charge in [0, 0.05) is 34.3 Å². The molecule has 0 spiro atoms. The summed E-state index contributed by atoms with van der Waals surface area (Å²) in [5.41, 5.74) is 5.28. The van der Waals surface area contributed by atoms with E-state index in [-0.39, 0.29) is 36.8 Å². The Morgan fingerprint density at radius 3 is 2.56 bits per heavy atom. The number of amides is 2. The molecule has 3 aromatic carbocycles. The molecule has 0 bridgehead atoms. The van der Waals surface area contributed by atoms with E-state index in [2.05, 4.69) is 10.3 Å². The van der Waals surface area contributed by atoms with Crippen molar-refractivity contribution in [3.05, 3.63) is 107 Å². The third-order valence-electron chi connectivity index (χ3n) is 5.99. The molecule has 1 atom stereocenters. The Morgan fingerprint density at radius 2 is 1.75 bits per heavy atom. The van der Waals surface area contributed by atoms with Crippen molar-refractivity contribution in [3.63, 3.8) is 0 Å². The predicted molar refractivity (Wildman–Crippen MR) is 121 cm³/mol. The summed E-state index contributed by atoms with van der Waals surface area (Å²) in [4.78, 5) is 31.1. The van der Waals surface area contributed by atoms with E-state index >= 15 is 0 Å². The molecule has 5 nitrogen and oxygen atoms in total. The van der Waals surface area contributed by atoms with Gasteiger partial charge in [-0.25, -0.2) is 4.39 Å². The third kappa shape index (κ3) is 3.43. The van der Waals surface area contributed by atoms with Gasteiger partial charge in [0.1, 0.15) is 12.4 Å². The average Bonchev–Trinajstić information content (AvgIpc) is 3.26. The molecule has 1 aliphatic rings. The molecule has 1 aliphatic heterocycles. The zero-order chi connectivity index (χ0) is 22.2. The average molecular weight is 427 g/mol. The van der Waals surface area contributed by atoms with E-state index in [0.717, 1.165) is 33.3 Å². The van der Waals surface area contributed by atoms with Crippen LogP contribution in [0.2, 0.25) is 0 Å². The van der Waals surface area contributed by atoms with Crippen molar-refractivity contribution < 1.29 is 14.0 Å². The number of hydrogen-bond acceptors (Lipinski definition) is 2. The molecule has 0 unspecified atom stereocenters. The summed E-state index contributed by atoms with van der Waals surface area (Å²) < 4.78 is 13.1. The predicted octanol–water partition coefficient (Wildman–Crippen LogP) is 4.48. The second-order valence-corrected chi connectivity index (χ2v) is 8.04. The lowest BCUT2D eigenvalue weighted by atomic mass is 9.95. The number of H-pyrrole nitrogens is 1. The lowest BCUT2D eigenvalue weighted by Gasteiger charge is -2.25. The highest BCUT2D eigenvalue weighted by molar-refractivity contribution is 6.02. The van der Waals surface area contributed by atoms with Crippen molar-refractivity contribution in [1.29, 1.82) is 0 Å². The van der Waals surface area contributed by atoms with Gasteiger partial charge in [0.05, 0.1) is 6.04 Å². The number of carbonyl (C=O) groups excluding carboxylic acids is 2. The van der Waals surface area contributed by atoms with Crippen LogP contribution in [0.1, 0.15) is 38.8 Å². The standard InChI is InChI=1S/C26H22FN3O2/c1-16-24(21-8-4-5-9-22(21)29-16)25-19-6-2-3-7-20(19)26(32)30(25)15-23(31)28-14-17-10-12-18(27)13-11-17/h2-13,25,29H,14-15H2,1H3,(H,28,31)/t25-/m1/s1. The largest absolute Gasteiger partial charge is 0.358 e. The topological polar surface area (TPSA) is 65.2 Å². The van der Waals surface area contributed by atoms with Gasteiger partial charge in [0.25, 0.3) is 5.91 Å². The van der Waals surface area contributed by atoms with Gasteiger partial charge < -0.3 is 15.2 Å². The molecule has 0 saturated carbocycles. The van der Waals surface area contributed by atoms with Crippen LogP contribution in [0, 0.1) is 12.7 Å². The molecule has 160 valence electrons. The maximum Gasteiger partial charge on any atom is 0.255 e. The van der Waals surface area contributed by atoms with Gasteiger partial charge in [0.2, 0.25) is 5.91 Å². The van der Waals surface area contributed by atoms with Crippen LogP contribution in [0.4, 0.5) is 4.39 Å². The van der Waals surface area contributed by atoms with E-state index in [1.807, 2.05) is 55.5 Å². The maximum absolute atomic E-state index is 13.3. The highest BCUT2D eigenvalue weighted by Gasteiger charge is 2.40. The van der Waals surface area contributed by atoms with Crippen LogP contribution in [0.5, 0.6) is 0 Å². The minimum Gasteiger partial charge on any atom is -0.358 e. The number of nitrogens with zero attached hydrogens (tertiary/aromatic N) is 1. The van der Waals surface area contributed by atoms with Crippen molar-refractivity contribution in [2.75, 3.05) is 6.54 Å². The van der Waals surface area contributed by atoms with E-state index < -0.39 is 0 Å². The second kappa shape index (κ2) is 7.96. The molecule has 32 heavy (non-hydrogen) atoms. The quantitative estimate of drug-likeness (QED) is 0.493. The summed E-state index contributed by atoms with van der Waals surface area (Å²) >= 11 is 0. The summed E-state index contributed by atoms with van der Waals surface area (Å²) in [6, 6.07) is 21.1. The lowest BCUT2D eigenvalue weighted by molar-refractivity contribution is -0.122. The van der Waals surface area contributed by atoms with Crippen LogP contribution in [0.3, 0.4) is 0 Å². The van der Waals surface area contributed by atoms with Crippen molar-refractivity contribution in [1.82, 2.24) is 15.2 Å². The molecule has 2 amide bonds. The first-order valence-electron chi connectivity index (χ1n) is 10.5. The Labute approximate surface area is 184 Å². The molecule has 1 aromatic heterocycles. The number of aromatic nitrogens is 1. The summed E-state index contributed by atoms with van der Waals surface area (Å²) in [6.45, 7) is 2.19. The van der Waals surface area contributed by atoms with Crippen LogP contribution in [0.25, 0.3) is 10.9 Å². The Kier molecular flexibility index (Phi) is 4.98. The summed E-state index contributed by atoms with van der Waals surface area (Å²) in [7, 11) is 0. The number of para-hydroxylation sites is 1. The van der Waals surface area contributed by atoms with Gasteiger partial charge in [-0.05, 0) is 42.3 Å². The fourth-order valence-corrected chi connectivity index (χ4v) is 4.51. The van der Waals surface area contributed by atoms with Crippen LogP contribution in [0.15, 0.2) is 72.8 Å². The number of fused-ring (bicyclic) bond motifs is 2. The molecule has 2 heterocycles. The molecule has 2 N–H and O–H groups in total. The molecule has 0 fully saturated rings. The zero-order valence-corrected chi connectivity index (χ0v) is 17.6. The van der Waals surface area contributed by atoms with Gasteiger partial charge >= 0.3 is 0 Å². The fraction of sp³-hybridized carbons (Fsp3) is 0.154. The molecule has 0 radical (unpaired) electrons. The summed E-state index contributed by atoms with van der Waals surface area (Å²) in [5.74, 6) is -0.748. The fourth-order valence-electron chi connectivity index (χ4n) is 4.51. The smallest absolute Gasteiger partial charge is 0.255 e. The number of nitrogens with one attached hydrogen (secondary N) is 2. The van der Waals surface area contributed by atoms with E-state index in [0.29, 0.717) is 5.56 Å². The molecular weight excluding hydrogens is 405 g/mol. The molecule has 5 rings (SSSR count). The monoisotopic (exact) mass is 427 g/mol. The van der Waals surface area contributed by atoms with Crippen LogP contribution < -0.4 is 5.32 Å². The summed E-state index contributed by atoms with van der Waals surface area (Å²) in [5, 5.41) is 3.89. The first-order valence-corrected chi connectivity index (χ1v) is 10.5. The van der Waals surface area contributed by atoms with Gasteiger partial charge in [-0.1, -0.05) is 48.5 Å². The third-order valence-corrected chi connectivity index (χ3v) is 5.99. The number of hydrogen-bond donors (Lipinski definition) is 2. The Bertz CT molecular complexity index is 1330. The second-order valence-electron chi connectivity index (χ2n) is 8.04. The van der Waals surface area contributed by atoms with Gasteiger partial charge in [-0.2, -0.15) is 0 Å². The van der Waals surface area contributed by atoms with Crippen LogP contribution in [-0.4, -0.2) is 28.2 Å². The van der Waals surface area contributed by atoms with Crippen molar-refractivity contribution in [3.8, 4) is 0 Å². The number of aryl methyl sites for hydroxylation is 1. The van der Waals surface area contributed by atoms with Crippen molar-refractivity contribution in [2.24, 2.45) is 0 Å². The van der Waals surface area contributed by atoms with E-state index in [1.54, 1.807) is 17.0 Å². The highest BCUT2D eigenvalue weighted by Crippen LogP contribution is 2.42. The molecule has 0 saturated heterocycles. The normalized spacial score (nSPS) is 15.2. The molecule has 0 aliphatic carbocycles. The Balaban J connectivity index is 1.46. The maximum atomic E-state index is 13.3. The zero-order valence-electron chi connectivity index (χ0n) is 17.6. The lowest BCUT2D eigenvalue weighted by Crippen LogP contribution is -2.39. The number of aromatic amines is 1. The minimum absolute atomic E-state index is 0.0711. The molecule has 4 aromatic rings. The van der Waals surface area contributed by atoms with E-state index in [1.165, 1.54) is 12.1 Å². The van der Waals surface area contributed by atoms with Crippen molar-refractivity contribution >= 4 is 22.7 Å². The first-order chi connectivity index (χ1) is 15.5. The van der Waals surface area contributed by atoms with Crippen LogP contribution >= 0.6 is 0 Å². The number of benzene rings is 3. The van der Waals surface area contributed by atoms with E-state index in [9.17, 15) is 14.0 Å². The van der Waals surface area contributed by atoms with E-state index in [4.69, 9.17) is 0 Å². The number of carbonyl (C=O) groups is 2. The van der Waals surface area contributed by atoms with Gasteiger partial charge in [0.15, 0.2) is 0 Å².